The van der Waals surface area contributed by atoms with Crippen molar-refractivity contribution in [1.29, 1.82) is 0 Å². The second kappa shape index (κ2) is 6.64. The van der Waals surface area contributed by atoms with E-state index in [9.17, 15) is 4.39 Å². The lowest BCUT2D eigenvalue weighted by atomic mass is 10.2. The fourth-order valence-corrected chi connectivity index (χ4v) is 3.31. The van der Waals surface area contributed by atoms with Crippen LogP contribution in [-0.4, -0.2) is 19.8 Å². The van der Waals surface area contributed by atoms with E-state index in [1.807, 2.05) is 12.1 Å². The fourth-order valence-electron chi connectivity index (χ4n) is 2.50. The predicted molar refractivity (Wildman–Crippen MR) is 96.9 cm³/mol. The smallest absolute Gasteiger partial charge is 0.185 e. The number of rotatable bonds is 4. The third-order valence-electron chi connectivity index (χ3n) is 3.83. The number of aryl methyl sites for hydroxylation is 1. The van der Waals surface area contributed by atoms with E-state index in [-0.39, 0.29) is 5.82 Å². The lowest BCUT2D eigenvalue weighted by Crippen LogP contribution is -1.97. The van der Waals surface area contributed by atoms with Gasteiger partial charge in [-0.3, -0.25) is 0 Å². The maximum Gasteiger partial charge on any atom is 0.185 e. The van der Waals surface area contributed by atoms with E-state index < -0.39 is 0 Å². The van der Waals surface area contributed by atoms with Gasteiger partial charge in [0, 0.05) is 11.3 Å². The number of fused-ring (bicyclic) bond motifs is 1. The Bertz CT molecular complexity index is 1030. The zero-order valence-corrected chi connectivity index (χ0v) is 14.4. The van der Waals surface area contributed by atoms with Crippen LogP contribution in [0.5, 0.6) is 0 Å². The first-order valence-corrected chi connectivity index (χ1v) is 8.84. The molecule has 0 aliphatic carbocycles. The fraction of sp³-hybridized carbons (Fsp3) is 0.105. The van der Waals surface area contributed by atoms with Gasteiger partial charge in [0.25, 0.3) is 0 Å². The number of halogens is 1. The van der Waals surface area contributed by atoms with E-state index >= 15 is 0 Å². The molecule has 0 atom stereocenters. The molecule has 0 unspecified atom stereocenters. The first-order valence-electron chi connectivity index (χ1n) is 7.86. The minimum absolute atomic E-state index is 0.306. The van der Waals surface area contributed by atoms with E-state index in [0.717, 1.165) is 10.8 Å². The van der Waals surface area contributed by atoms with E-state index in [2.05, 4.69) is 46.5 Å². The van der Waals surface area contributed by atoms with Crippen molar-refractivity contribution < 1.29 is 4.39 Å². The topological polar surface area (TPSA) is 43.1 Å². The summed E-state index contributed by atoms with van der Waals surface area (Å²) in [7, 11) is 0. The van der Waals surface area contributed by atoms with Crippen LogP contribution in [0.3, 0.4) is 0 Å². The Morgan fingerprint density at radius 1 is 1.00 bits per heavy atom. The molecule has 0 radical (unpaired) electrons. The first kappa shape index (κ1) is 15.8. The summed E-state index contributed by atoms with van der Waals surface area (Å²) in [6.45, 7) is 2.08. The van der Waals surface area contributed by atoms with Crippen molar-refractivity contribution >= 4 is 17.4 Å². The highest BCUT2D eigenvalue weighted by Crippen LogP contribution is 2.23. The zero-order chi connectivity index (χ0) is 17.2. The van der Waals surface area contributed by atoms with Crippen molar-refractivity contribution in [3.05, 3.63) is 77.6 Å². The number of benzene rings is 2. The van der Waals surface area contributed by atoms with E-state index in [4.69, 9.17) is 0 Å². The number of hydrogen-bond donors (Lipinski definition) is 0. The van der Waals surface area contributed by atoms with Crippen LogP contribution in [0, 0.1) is 12.7 Å². The summed E-state index contributed by atoms with van der Waals surface area (Å²) < 4.78 is 15.2. The number of aromatic nitrogens is 4. The molecule has 6 heteroatoms. The Labute approximate surface area is 148 Å². The first-order chi connectivity index (χ1) is 12.2. The largest absolute Gasteiger partial charge is 0.207 e. The third-order valence-corrected chi connectivity index (χ3v) is 4.82. The summed E-state index contributed by atoms with van der Waals surface area (Å²) in [6.07, 6.45) is 0. The van der Waals surface area contributed by atoms with Gasteiger partial charge in [0.2, 0.25) is 0 Å². The highest BCUT2D eigenvalue weighted by Gasteiger charge is 2.11. The molecule has 4 rings (SSSR count). The van der Waals surface area contributed by atoms with Crippen LogP contribution < -0.4 is 0 Å². The maximum absolute atomic E-state index is 13.5. The molecule has 0 N–H and O–H groups in total. The molecule has 0 bridgehead atoms. The van der Waals surface area contributed by atoms with Crippen LogP contribution in [-0.2, 0) is 5.75 Å². The molecule has 4 nitrogen and oxygen atoms in total. The summed E-state index contributed by atoms with van der Waals surface area (Å²) in [5.41, 5.74) is 3.78. The molecule has 0 spiro atoms. The van der Waals surface area contributed by atoms with Gasteiger partial charge in [-0.15, -0.1) is 10.2 Å². The van der Waals surface area contributed by atoms with Gasteiger partial charge >= 0.3 is 0 Å². The molecule has 0 aliphatic heterocycles. The molecule has 0 aliphatic rings. The highest BCUT2D eigenvalue weighted by molar-refractivity contribution is 7.98. The molecular formula is C19H15FN4S. The second-order valence-corrected chi connectivity index (χ2v) is 6.75. The standard InChI is InChI=1S/C19H15FN4S/c1-13-5-7-14(8-6-13)12-25-18-10-9-17-21-22-19(24(17)23-18)15-3-2-4-16(20)11-15/h2-11H,12H2,1H3. The lowest BCUT2D eigenvalue weighted by molar-refractivity contribution is 0.628. The van der Waals surface area contributed by atoms with Crippen LogP contribution in [0.1, 0.15) is 11.1 Å². The average Bonchev–Trinajstić information content (AvgIpc) is 3.04. The van der Waals surface area contributed by atoms with Crippen LogP contribution in [0.2, 0.25) is 0 Å². The Morgan fingerprint density at radius 3 is 2.64 bits per heavy atom. The SMILES string of the molecule is Cc1ccc(CSc2ccc3nnc(-c4cccc(F)c4)n3n2)cc1. The van der Waals surface area contributed by atoms with Crippen LogP contribution in [0.4, 0.5) is 4.39 Å². The minimum atomic E-state index is -0.306. The van der Waals surface area contributed by atoms with Crippen molar-refractivity contribution in [3.8, 4) is 11.4 Å². The molecular weight excluding hydrogens is 335 g/mol. The third kappa shape index (κ3) is 3.39. The van der Waals surface area contributed by atoms with Crippen molar-refractivity contribution in [2.45, 2.75) is 17.7 Å². The van der Waals surface area contributed by atoms with Crippen molar-refractivity contribution in [3.63, 3.8) is 0 Å². The quantitative estimate of drug-likeness (QED) is 0.507. The van der Waals surface area contributed by atoms with Crippen molar-refractivity contribution in [2.24, 2.45) is 0 Å². The molecule has 0 saturated carbocycles. The Kier molecular flexibility index (Phi) is 4.19. The van der Waals surface area contributed by atoms with Gasteiger partial charge in [-0.2, -0.15) is 9.61 Å². The molecule has 0 amide bonds. The number of thioether (sulfide) groups is 1. The number of hydrogen-bond acceptors (Lipinski definition) is 4. The summed E-state index contributed by atoms with van der Waals surface area (Å²) in [5, 5.41) is 13.7. The van der Waals surface area contributed by atoms with Gasteiger partial charge in [-0.25, -0.2) is 4.39 Å². The van der Waals surface area contributed by atoms with Crippen LogP contribution in [0.15, 0.2) is 65.7 Å². The summed E-state index contributed by atoms with van der Waals surface area (Å²) in [4.78, 5) is 0. The molecule has 2 aromatic heterocycles. The van der Waals surface area contributed by atoms with Crippen LogP contribution in [0.25, 0.3) is 17.0 Å². The molecule has 124 valence electrons. The van der Waals surface area contributed by atoms with Gasteiger partial charge in [0.15, 0.2) is 11.5 Å². The van der Waals surface area contributed by atoms with Gasteiger partial charge < -0.3 is 0 Å². The van der Waals surface area contributed by atoms with Gasteiger partial charge in [-0.1, -0.05) is 53.7 Å². The average molecular weight is 350 g/mol. The van der Waals surface area contributed by atoms with Crippen LogP contribution >= 0.6 is 11.8 Å². The van der Waals surface area contributed by atoms with E-state index in [0.29, 0.717) is 17.0 Å². The van der Waals surface area contributed by atoms with E-state index in [1.165, 1.54) is 23.3 Å². The Balaban J connectivity index is 1.63. The zero-order valence-electron chi connectivity index (χ0n) is 13.6. The summed E-state index contributed by atoms with van der Waals surface area (Å²) in [6, 6.07) is 18.6. The second-order valence-electron chi connectivity index (χ2n) is 5.75. The van der Waals surface area contributed by atoms with Gasteiger partial charge in [0.05, 0.1) is 0 Å². The molecule has 25 heavy (non-hydrogen) atoms. The van der Waals surface area contributed by atoms with Crippen molar-refractivity contribution in [2.75, 3.05) is 0 Å². The van der Waals surface area contributed by atoms with Gasteiger partial charge in [0.1, 0.15) is 10.8 Å². The molecule has 2 aromatic carbocycles. The van der Waals surface area contributed by atoms with Crippen molar-refractivity contribution in [1.82, 2.24) is 19.8 Å². The molecule has 2 heterocycles. The predicted octanol–water partition coefficient (Wildman–Crippen LogP) is 4.53. The minimum Gasteiger partial charge on any atom is -0.207 e. The molecule has 0 saturated heterocycles. The highest BCUT2D eigenvalue weighted by atomic mass is 32.2. The monoisotopic (exact) mass is 350 g/mol. The summed E-state index contributed by atoms with van der Waals surface area (Å²) >= 11 is 1.64. The Hall–Kier alpha value is -2.73. The Morgan fingerprint density at radius 2 is 1.84 bits per heavy atom. The molecule has 0 fully saturated rings. The summed E-state index contributed by atoms with van der Waals surface area (Å²) in [5.74, 6) is 1.06. The number of nitrogens with zero attached hydrogens (tertiary/aromatic N) is 4. The molecule has 4 aromatic rings. The maximum atomic E-state index is 13.5. The van der Waals surface area contributed by atoms with E-state index in [1.54, 1.807) is 28.4 Å². The lowest BCUT2D eigenvalue weighted by Gasteiger charge is -2.04. The normalized spacial score (nSPS) is 11.1. The van der Waals surface area contributed by atoms with Gasteiger partial charge in [-0.05, 0) is 36.8 Å².